The predicted octanol–water partition coefficient (Wildman–Crippen LogP) is 9.75. The average Bonchev–Trinajstić information content (AvgIpc) is 2.79. The Kier molecular flexibility index (Phi) is 10.3. The highest BCUT2D eigenvalue weighted by atomic mass is 14.9. The van der Waals surface area contributed by atoms with Crippen LogP contribution >= 0.6 is 0 Å². The molecule has 0 saturated carbocycles. The second-order valence-corrected chi connectivity index (χ2v) is 9.31. The number of nitrogens with one attached hydrogen (secondary N) is 1. The van der Waals surface area contributed by atoms with E-state index in [4.69, 9.17) is 0 Å². The maximum Gasteiger partial charge on any atom is 0.0384 e. The molecule has 0 amide bonds. The summed E-state index contributed by atoms with van der Waals surface area (Å²) in [5.74, 6) is 0.545. The van der Waals surface area contributed by atoms with Crippen molar-refractivity contribution in [1.29, 1.82) is 0 Å². The van der Waals surface area contributed by atoms with Gasteiger partial charge in [0, 0.05) is 17.3 Å². The van der Waals surface area contributed by atoms with Crippen LogP contribution < -0.4 is 5.32 Å². The minimum Gasteiger partial charge on any atom is -0.356 e. The molecule has 1 nitrogen and oxygen atoms in total. The maximum absolute atomic E-state index is 3.47. The molecule has 6 rings (SSSR count). The first-order valence-electron chi connectivity index (χ1n) is 12.8. The molecule has 0 unspecified atom stereocenters. The molecule has 4 bridgehead atoms. The largest absolute Gasteiger partial charge is 0.356 e. The lowest BCUT2D eigenvalue weighted by atomic mass is 9.86. The summed E-state index contributed by atoms with van der Waals surface area (Å²) in [5.41, 5.74) is 5.29. The molecule has 4 aliphatic rings. The molecule has 0 aromatic heterocycles. The Bertz CT molecular complexity index is 640. The normalized spacial score (nSPS) is 13.0. The van der Waals surface area contributed by atoms with Gasteiger partial charge >= 0.3 is 0 Å². The van der Waals surface area contributed by atoms with Crippen LogP contribution in [0.4, 0.5) is 11.4 Å². The van der Waals surface area contributed by atoms with Gasteiger partial charge in [0.1, 0.15) is 0 Å². The van der Waals surface area contributed by atoms with E-state index in [2.05, 4.69) is 60.8 Å². The fraction of sp³-hybridized carbons (Fsp3) is 0.586. The quantitative estimate of drug-likeness (QED) is 0.291. The molecule has 0 spiro atoms. The molecule has 164 valence electrons. The molecule has 0 radical (unpaired) electrons. The van der Waals surface area contributed by atoms with E-state index in [1.165, 1.54) is 119 Å². The highest BCUT2D eigenvalue weighted by Gasteiger charge is 2.15. The Labute approximate surface area is 185 Å². The maximum atomic E-state index is 3.47. The first-order chi connectivity index (χ1) is 14.9. The molecule has 0 atom stereocenters. The van der Waals surface area contributed by atoms with Gasteiger partial charge in [-0.25, -0.2) is 0 Å². The van der Waals surface area contributed by atoms with Crippen LogP contribution in [-0.2, 0) is 0 Å². The third-order valence-electron chi connectivity index (χ3n) is 6.76. The van der Waals surface area contributed by atoms with E-state index < -0.39 is 0 Å². The van der Waals surface area contributed by atoms with Gasteiger partial charge in [-0.2, -0.15) is 0 Å². The number of unbranched alkanes of at least 4 members (excludes halogenated alkanes) is 13. The van der Waals surface area contributed by atoms with Crippen LogP contribution in [0.15, 0.2) is 48.5 Å². The number of anilines is 2. The molecular weight excluding hydrogens is 362 g/mol. The zero-order valence-corrected chi connectivity index (χ0v) is 19.3. The molecule has 0 fully saturated rings. The lowest BCUT2D eigenvalue weighted by molar-refractivity contribution is 0.527. The summed E-state index contributed by atoms with van der Waals surface area (Å²) in [5, 5.41) is 3.47. The van der Waals surface area contributed by atoms with E-state index in [0.29, 0.717) is 5.92 Å². The Hall–Kier alpha value is -1.76. The van der Waals surface area contributed by atoms with Gasteiger partial charge in [-0.1, -0.05) is 121 Å². The summed E-state index contributed by atoms with van der Waals surface area (Å²) in [6.45, 7) is 2.30. The van der Waals surface area contributed by atoms with Crippen molar-refractivity contribution in [3.8, 4) is 0 Å². The first-order valence-corrected chi connectivity index (χ1v) is 12.8. The summed E-state index contributed by atoms with van der Waals surface area (Å²) in [6.07, 6.45) is 21.2. The first kappa shape index (κ1) is 22.9. The van der Waals surface area contributed by atoms with E-state index in [-0.39, 0.29) is 0 Å². The molecule has 4 aliphatic heterocycles. The van der Waals surface area contributed by atoms with Crippen LogP contribution in [0.2, 0.25) is 0 Å². The van der Waals surface area contributed by atoms with E-state index in [1.54, 1.807) is 0 Å². The van der Waals surface area contributed by atoms with Crippen LogP contribution in [0.1, 0.15) is 120 Å². The van der Waals surface area contributed by atoms with Crippen molar-refractivity contribution < 1.29 is 0 Å². The van der Waals surface area contributed by atoms with Gasteiger partial charge in [0.15, 0.2) is 0 Å². The monoisotopic (exact) mass is 405 g/mol. The molecular formula is C29H43N. The van der Waals surface area contributed by atoms with E-state index >= 15 is 0 Å². The second kappa shape index (κ2) is 13.5. The van der Waals surface area contributed by atoms with Gasteiger partial charge in [0.2, 0.25) is 0 Å². The van der Waals surface area contributed by atoms with Crippen molar-refractivity contribution in [3.63, 3.8) is 0 Å². The standard InChI is InChI=1S/C29H43N/c1-2-3-4-5-6-7-8-9-10-11-12-13-14-15-16-29-25-17-21-27(22-18-25)30-28-23-19-26(29)20-24-28/h17-24,29-30H,2-16H2,1H3. The van der Waals surface area contributed by atoms with Gasteiger partial charge in [0.05, 0.1) is 0 Å². The molecule has 0 saturated heterocycles. The molecule has 4 heterocycles. The average molecular weight is 406 g/mol. The number of rotatable bonds is 15. The predicted molar refractivity (Wildman–Crippen MR) is 133 cm³/mol. The van der Waals surface area contributed by atoms with Gasteiger partial charge in [-0.05, 0) is 41.8 Å². The minimum absolute atomic E-state index is 0.545. The molecule has 1 N–H and O–H groups in total. The fourth-order valence-electron chi connectivity index (χ4n) is 4.83. The van der Waals surface area contributed by atoms with Crippen molar-refractivity contribution in [2.45, 2.75) is 109 Å². The van der Waals surface area contributed by atoms with Crippen LogP contribution in [0.3, 0.4) is 0 Å². The van der Waals surface area contributed by atoms with Crippen molar-refractivity contribution >= 4 is 11.4 Å². The van der Waals surface area contributed by atoms with Gasteiger partial charge in [0.25, 0.3) is 0 Å². The Morgan fingerprint density at radius 2 is 0.867 bits per heavy atom. The summed E-state index contributed by atoms with van der Waals surface area (Å²) in [4.78, 5) is 0. The SMILES string of the molecule is CCCCCCCCCCCCCCCCC1c2ccc(cc2)Nc2ccc1cc2. The Morgan fingerprint density at radius 1 is 0.500 bits per heavy atom. The van der Waals surface area contributed by atoms with Crippen LogP contribution in [0.5, 0.6) is 0 Å². The number of hydrogen-bond donors (Lipinski definition) is 1. The topological polar surface area (TPSA) is 12.0 Å². The molecule has 1 heteroatoms. The van der Waals surface area contributed by atoms with Crippen LogP contribution in [0.25, 0.3) is 0 Å². The number of benzene rings is 2. The second-order valence-electron chi connectivity index (χ2n) is 9.31. The Morgan fingerprint density at radius 3 is 1.27 bits per heavy atom. The third kappa shape index (κ3) is 7.82. The third-order valence-corrected chi connectivity index (χ3v) is 6.76. The lowest BCUT2D eigenvalue weighted by Crippen LogP contribution is -2.04. The summed E-state index contributed by atoms with van der Waals surface area (Å²) < 4.78 is 0. The smallest absolute Gasteiger partial charge is 0.0384 e. The highest BCUT2D eigenvalue weighted by molar-refractivity contribution is 5.61. The van der Waals surface area contributed by atoms with Crippen LogP contribution in [-0.4, -0.2) is 0 Å². The molecule has 2 aromatic carbocycles. The van der Waals surface area contributed by atoms with Crippen molar-refractivity contribution in [2.75, 3.05) is 5.32 Å². The van der Waals surface area contributed by atoms with E-state index in [0.717, 1.165) is 0 Å². The lowest BCUT2D eigenvalue weighted by Gasteiger charge is -2.21. The summed E-state index contributed by atoms with van der Waals surface area (Å²) in [7, 11) is 0. The van der Waals surface area contributed by atoms with E-state index in [9.17, 15) is 0 Å². The Balaban J connectivity index is 1.26. The van der Waals surface area contributed by atoms with E-state index in [1.807, 2.05) is 0 Å². The molecule has 2 aromatic rings. The molecule has 0 aliphatic carbocycles. The van der Waals surface area contributed by atoms with Crippen LogP contribution in [0, 0.1) is 0 Å². The van der Waals surface area contributed by atoms with Crippen molar-refractivity contribution in [3.05, 3.63) is 59.7 Å². The summed E-state index contributed by atoms with van der Waals surface area (Å²) >= 11 is 0. The zero-order chi connectivity index (χ0) is 20.9. The van der Waals surface area contributed by atoms with Crippen molar-refractivity contribution in [1.82, 2.24) is 0 Å². The fourth-order valence-corrected chi connectivity index (χ4v) is 4.83. The van der Waals surface area contributed by atoms with Crippen molar-refractivity contribution in [2.24, 2.45) is 0 Å². The zero-order valence-electron chi connectivity index (χ0n) is 19.3. The number of hydrogen-bond acceptors (Lipinski definition) is 1. The summed E-state index contributed by atoms with van der Waals surface area (Å²) in [6, 6.07) is 18.2. The minimum atomic E-state index is 0.545. The molecule has 30 heavy (non-hydrogen) atoms. The van der Waals surface area contributed by atoms with Gasteiger partial charge in [-0.15, -0.1) is 0 Å². The van der Waals surface area contributed by atoms with Gasteiger partial charge in [-0.3, -0.25) is 0 Å². The van der Waals surface area contributed by atoms with Gasteiger partial charge < -0.3 is 5.32 Å². The highest BCUT2D eigenvalue weighted by Crippen LogP contribution is 2.33.